The van der Waals surface area contributed by atoms with Gasteiger partial charge >= 0.3 is 51.4 Å². The second kappa shape index (κ2) is 5.87. The van der Waals surface area contributed by atoms with Crippen molar-refractivity contribution in [1.29, 1.82) is 0 Å². The molecule has 2 nitrogen and oxygen atoms in total. The van der Waals surface area contributed by atoms with Crippen LogP contribution in [-0.4, -0.2) is 5.97 Å². The summed E-state index contributed by atoms with van der Waals surface area (Å²) in [7, 11) is 0. The first-order valence-electron chi connectivity index (χ1n) is 3.34. The first-order valence-corrected chi connectivity index (χ1v) is 3.34. The molecule has 0 heterocycles. The van der Waals surface area contributed by atoms with Crippen LogP contribution in [0.2, 0.25) is 0 Å². The van der Waals surface area contributed by atoms with E-state index in [1.54, 1.807) is 0 Å². The van der Waals surface area contributed by atoms with Crippen LogP contribution in [0, 0.1) is 17.5 Å². The molecule has 70 valence electrons. The quantitative estimate of drug-likeness (QED) is 0.411. The van der Waals surface area contributed by atoms with E-state index in [4.69, 9.17) is 0 Å². The van der Waals surface area contributed by atoms with Crippen LogP contribution in [0.15, 0.2) is 12.1 Å². The average molecular weight is 228 g/mol. The van der Waals surface area contributed by atoms with Gasteiger partial charge in [0, 0.05) is 12.4 Å². The Morgan fingerprint density at radius 2 is 1.79 bits per heavy atom. The standard InChI is InChI=1S/C8H5F3O2.K/c9-5-2-1-4(3-6(12)13)7(10)8(5)11;/h1-2H,3H2,(H,12,13);/q;+1/p-1. The largest absolute Gasteiger partial charge is 1.00 e. The van der Waals surface area contributed by atoms with Gasteiger partial charge in [-0.2, -0.15) is 0 Å². The van der Waals surface area contributed by atoms with Crippen LogP contribution in [0.1, 0.15) is 5.56 Å². The third-order valence-electron chi connectivity index (χ3n) is 1.45. The van der Waals surface area contributed by atoms with Gasteiger partial charge in [-0.05, 0) is 11.6 Å². The predicted octanol–water partition coefficient (Wildman–Crippen LogP) is -2.60. The zero-order valence-corrected chi connectivity index (χ0v) is 10.4. The maximum Gasteiger partial charge on any atom is 1.00 e. The number of carbonyl (C=O) groups is 1. The molecule has 0 spiro atoms. The molecule has 0 aliphatic carbocycles. The van der Waals surface area contributed by atoms with Crippen LogP contribution >= 0.6 is 0 Å². The van der Waals surface area contributed by atoms with E-state index < -0.39 is 35.4 Å². The Labute approximate surface area is 121 Å². The van der Waals surface area contributed by atoms with E-state index in [-0.39, 0.29) is 51.4 Å². The maximum atomic E-state index is 12.7. The topological polar surface area (TPSA) is 40.1 Å². The average Bonchev–Trinajstić information content (AvgIpc) is 2.06. The number of carboxylic acids is 1. The van der Waals surface area contributed by atoms with Crippen molar-refractivity contribution in [2.75, 3.05) is 0 Å². The Bertz CT molecular complexity index is 355. The van der Waals surface area contributed by atoms with E-state index in [9.17, 15) is 23.1 Å². The second-order valence-corrected chi connectivity index (χ2v) is 2.38. The third kappa shape index (κ3) is 3.36. The summed E-state index contributed by atoms with van der Waals surface area (Å²) < 4.78 is 37.5. The van der Waals surface area contributed by atoms with Gasteiger partial charge in [-0.15, -0.1) is 0 Å². The van der Waals surface area contributed by atoms with Crippen LogP contribution in [0.4, 0.5) is 13.2 Å². The first-order chi connectivity index (χ1) is 6.02. The number of aliphatic carboxylic acids is 1. The summed E-state index contributed by atoms with van der Waals surface area (Å²) in [6.45, 7) is 0. The Morgan fingerprint density at radius 3 is 2.29 bits per heavy atom. The Hall–Kier alpha value is 0.116. The number of carboxylic acid groups (broad SMARTS) is 1. The molecule has 0 unspecified atom stereocenters. The van der Waals surface area contributed by atoms with Gasteiger partial charge < -0.3 is 9.90 Å². The summed E-state index contributed by atoms with van der Waals surface area (Å²) in [6.07, 6.45) is -0.775. The zero-order valence-electron chi connectivity index (χ0n) is 7.31. The minimum atomic E-state index is -1.67. The number of halogens is 3. The molecule has 1 rings (SSSR count). The van der Waals surface area contributed by atoms with Crippen LogP contribution in [0.5, 0.6) is 0 Å². The van der Waals surface area contributed by atoms with Crippen LogP contribution in [-0.2, 0) is 11.2 Å². The number of hydrogen-bond acceptors (Lipinski definition) is 2. The summed E-state index contributed by atoms with van der Waals surface area (Å²) in [5.74, 6) is -6.05. The van der Waals surface area contributed by atoms with E-state index in [2.05, 4.69) is 0 Å². The fraction of sp³-hybridized carbons (Fsp3) is 0.125. The normalized spacial score (nSPS) is 9.36. The van der Waals surface area contributed by atoms with Gasteiger partial charge in [0.25, 0.3) is 0 Å². The van der Waals surface area contributed by atoms with Crippen LogP contribution in [0.3, 0.4) is 0 Å². The van der Waals surface area contributed by atoms with Crippen molar-refractivity contribution in [1.82, 2.24) is 0 Å². The molecule has 0 bridgehead atoms. The van der Waals surface area contributed by atoms with Gasteiger partial charge in [0.05, 0.1) is 0 Å². The zero-order chi connectivity index (χ0) is 10.0. The van der Waals surface area contributed by atoms with Crippen molar-refractivity contribution in [3.63, 3.8) is 0 Å². The van der Waals surface area contributed by atoms with Gasteiger partial charge in [0.2, 0.25) is 0 Å². The molecule has 0 fully saturated rings. The van der Waals surface area contributed by atoms with Crippen molar-refractivity contribution >= 4 is 5.97 Å². The number of benzene rings is 1. The molecule has 0 aromatic heterocycles. The van der Waals surface area contributed by atoms with Crippen molar-refractivity contribution in [3.05, 3.63) is 35.1 Å². The summed E-state index contributed by atoms with van der Waals surface area (Å²) >= 11 is 0. The monoisotopic (exact) mass is 228 g/mol. The summed E-state index contributed by atoms with van der Waals surface area (Å²) in [5.41, 5.74) is -0.432. The van der Waals surface area contributed by atoms with E-state index in [1.165, 1.54) is 0 Å². The molecule has 0 aliphatic rings. The molecule has 6 heteroatoms. The molecule has 0 aliphatic heterocycles. The van der Waals surface area contributed by atoms with Gasteiger partial charge in [0.1, 0.15) is 0 Å². The summed E-state index contributed by atoms with van der Waals surface area (Å²) in [5, 5.41) is 10.0. The van der Waals surface area contributed by atoms with Crippen LogP contribution in [0.25, 0.3) is 0 Å². The van der Waals surface area contributed by atoms with Gasteiger partial charge in [-0.3, -0.25) is 0 Å². The second-order valence-electron chi connectivity index (χ2n) is 2.38. The number of carbonyl (C=O) groups excluding carboxylic acids is 1. The molecule has 1 aromatic carbocycles. The molecular weight excluding hydrogens is 224 g/mol. The minimum absolute atomic E-state index is 0. The van der Waals surface area contributed by atoms with Crippen molar-refractivity contribution in [2.24, 2.45) is 0 Å². The van der Waals surface area contributed by atoms with Crippen molar-refractivity contribution < 1.29 is 74.5 Å². The molecule has 0 atom stereocenters. The molecule has 0 saturated carbocycles. The van der Waals surface area contributed by atoms with E-state index in [1.807, 2.05) is 0 Å². The van der Waals surface area contributed by atoms with E-state index in [0.29, 0.717) is 6.07 Å². The number of rotatable bonds is 2. The SMILES string of the molecule is O=C([O-])Cc1ccc(F)c(F)c1F.[K+]. The smallest absolute Gasteiger partial charge is 0.550 e. The molecular formula is C8H4F3KO2. The molecule has 1 aromatic rings. The molecule has 14 heavy (non-hydrogen) atoms. The Kier molecular flexibility index (Phi) is 5.92. The Balaban J connectivity index is 0.00000169. The van der Waals surface area contributed by atoms with E-state index in [0.717, 1.165) is 6.07 Å². The molecule has 0 N–H and O–H groups in total. The predicted molar refractivity (Wildman–Crippen MR) is 35.0 cm³/mol. The summed E-state index contributed by atoms with van der Waals surface area (Å²) in [4.78, 5) is 10.0. The fourth-order valence-electron chi connectivity index (χ4n) is 0.858. The third-order valence-corrected chi connectivity index (χ3v) is 1.45. The van der Waals surface area contributed by atoms with Crippen LogP contribution < -0.4 is 56.5 Å². The Morgan fingerprint density at radius 1 is 1.21 bits per heavy atom. The molecule has 0 radical (unpaired) electrons. The van der Waals surface area contributed by atoms with Gasteiger partial charge in [0.15, 0.2) is 17.5 Å². The minimum Gasteiger partial charge on any atom is -0.550 e. The van der Waals surface area contributed by atoms with Gasteiger partial charge in [-0.25, -0.2) is 13.2 Å². The fourth-order valence-corrected chi connectivity index (χ4v) is 0.858. The van der Waals surface area contributed by atoms with Crippen molar-refractivity contribution in [2.45, 2.75) is 6.42 Å². The van der Waals surface area contributed by atoms with E-state index >= 15 is 0 Å². The first kappa shape index (κ1) is 14.1. The molecule has 0 amide bonds. The number of hydrogen-bond donors (Lipinski definition) is 0. The maximum absolute atomic E-state index is 12.7. The van der Waals surface area contributed by atoms with Crippen molar-refractivity contribution in [3.8, 4) is 0 Å². The van der Waals surface area contributed by atoms with Gasteiger partial charge in [-0.1, -0.05) is 6.07 Å². The summed E-state index contributed by atoms with van der Waals surface area (Å²) in [6, 6.07) is 1.53. The molecule has 0 saturated heterocycles.